The van der Waals surface area contributed by atoms with Crippen LogP contribution in [0.1, 0.15) is 6.92 Å². The van der Waals surface area contributed by atoms with Crippen molar-refractivity contribution in [2.24, 2.45) is 4.99 Å². The van der Waals surface area contributed by atoms with E-state index in [1.807, 2.05) is 6.92 Å². The third kappa shape index (κ3) is 4.12. The van der Waals surface area contributed by atoms with Gasteiger partial charge in [-0.1, -0.05) is 0 Å². The maximum atomic E-state index is 6.67. The molecule has 1 unspecified atom stereocenters. The van der Waals surface area contributed by atoms with Crippen molar-refractivity contribution in [3.63, 3.8) is 0 Å². The Balaban J connectivity index is 2.43. The maximum absolute atomic E-state index is 6.67. The van der Waals surface area contributed by atoms with Crippen LogP contribution in [0, 0.1) is 5.41 Å². The molecular weight excluding hydrogens is 192 g/mol. The molecular formula is C10H14N4O. The molecule has 0 spiro atoms. The van der Waals surface area contributed by atoms with Crippen LogP contribution in [-0.4, -0.2) is 18.9 Å². The van der Waals surface area contributed by atoms with Crippen molar-refractivity contribution in [1.29, 1.82) is 5.41 Å². The van der Waals surface area contributed by atoms with Gasteiger partial charge in [0.2, 0.25) is 0 Å². The monoisotopic (exact) mass is 206 g/mol. The van der Waals surface area contributed by atoms with Gasteiger partial charge in [-0.05, 0) is 31.2 Å². The average Bonchev–Trinajstić information content (AvgIpc) is 2.22. The SMILES string of the molecule is CC(N/C=N\C=N)Oc1ccc(N)cc1. The van der Waals surface area contributed by atoms with Crippen LogP contribution in [0.3, 0.4) is 0 Å². The number of aliphatic imine (C=N–C) groups is 1. The van der Waals surface area contributed by atoms with Crippen molar-refractivity contribution >= 4 is 18.4 Å². The minimum Gasteiger partial charge on any atom is -0.471 e. The summed E-state index contributed by atoms with van der Waals surface area (Å²) in [4.78, 5) is 3.57. The van der Waals surface area contributed by atoms with Crippen LogP contribution in [0.4, 0.5) is 5.69 Å². The zero-order valence-electron chi connectivity index (χ0n) is 8.47. The first-order valence-electron chi connectivity index (χ1n) is 4.51. The summed E-state index contributed by atoms with van der Waals surface area (Å²) in [5.41, 5.74) is 6.24. The molecule has 0 aliphatic rings. The fourth-order valence-electron chi connectivity index (χ4n) is 0.970. The molecule has 0 fully saturated rings. The van der Waals surface area contributed by atoms with E-state index in [9.17, 15) is 0 Å². The number of anilines is 1. The molecule has 0 saturated carbocycles. The van der Waals surface area contributed by atoms with Crippen molar-refractivity contribution in [3.8, 4) is 5.75 Å². The van der Waals surface area contributed by atoms with E-state index >= 15 is 0 Å². The standard InChI is InChI=1S/C10H14N4O/c1-8(14-7-13-6-11)15-10-4-2-9(12)3-5-10/h2-8H,12H2,1H3,(H2,11,13,14). The van der Waals surface area contributed by atoms with Gasteiger partial charge in [-0.3, -0.25) is 5.41 Å². The number of nitrogens with zero attached hydrogens (tertiary/aromatic N) is 1. The summed E-state index contributed by atoms with van der Waals surface area (Å²) < 4.78 is 5.48. The van der Waals surface area contributed by atoms with Crippen molar-refractivity contribution < 1.29 is 4.74 Å². The summed E-state index contributed by atoms with van der Waals surface area (Å²) in [6, 6.07) is 7.13. The molecule has 0 aromatic heterocycles. The lowest BCUT2D eigenvalue weighted by Gasteiger charge is -2.14. The van der Waals surface area contributed by atoms with Gasteiger partial charge in [0.15, 0.2) is 6.23 Å². The van der Waals surface area contributed by atoms with Crippen LogP contribution in [0.25, 0.3) is 0 Å². The summed E-state index contributed by atoms with van der Waals surface area (Å²) in [6.45, 7) is 1.84. The molecule has 0 heterocycles. The van der Waals surface area contributed by atoms with E-state index in [1.54, 1.807) is 24.3 Å². The van der Waals surface area contributed by atoms with Crippen molar-refractivity contribution in [1.82, 2.24) is 5.32 Å². The summed E-state index contributed by atoms with van der Waals surface area (Å²) in [5, 5.41) is 9.52. The molecule has 1 atom stereocenters. The second-order valence-corrected chi connectivity index (χ2v) is 2.90. The topological polar surface area (TPSA) is 83.5 Å². The van der Waals surface area contributed by atoms with E-state index < -0.39 is 0 Å². The summed E-state index contributed by atoms with van der Waals surface area (Å²) >= 11 is 0. The third-order valence-electron chi connectivity index (χ3n) is 1.65. The Morgan fingerprint density at radius 1 is 1.47 bits per heavy atom. The van der Waals surface area contributed by atoms with Gasteiger partial charge < -0.3 is 15.8 Å². The highest BCUT2D eigenvalue weighted by atomic mass is 16.5. The first kappa shape index (κ1) is 11.0. The number of nitrogens with one attached hydrogen (secondary N) is 2. The molecule has 1 aromatic rings. The quantitative estimate of drug-likeness (QED) is 0.293. The van der Waals surface area contributed by atoms with Gasteiger partial charge in [0.05, 0.1) is 6.34 Å². The number of nitrogen functional groups attached to an aromatic ring is 1. The van der Waals surface area contributed by atoms with Gasteiger partial charge in [0.1, 0.15) is 12.1 Å². The van der Waals surface area contributed by atoms with Crippen LogP contribution < -0.4 is 15.8 Å². The lowest BCUT2D eigenvalue weighted by molar-refractivity contribution is 0.209. The average molecular weight is 206 g/mol. The Morgan fingerprint density at radius 2 is 2.13 bits per heavy atom. The van der Waals surface area contributed by atoms with Gasteiger partial charge in [0, 0.05) is 5.69 Å². The minimum atomic E-state index is -0.211. The van der Waals surface area contributed by atoms with E-state index in [1.165, 1.54) is 6.34 Å². The molecule has 0 bridgehead atoms. The van der Waals surface area contributed by atoms with E-state index in [4.69, 9.17) is 15.9 Å². The Kier molecular flexibility index (Phi) is 4.15. The van der Waals surface area contributed by atoms with E-state index in [0.717, 1.165) is 12.1 Å². The summed E-state index contributed by atoms with van der Waals surface area (Å²) in [5.74, 6) is 0.729. The van der Waals surface area contributed by atoms with E-state index in [0.29, 0.717) is 5.69 Å². The highest BCUT2D eigenvalue weighted by molar-refractivity contribution is 5.68. The lowest BCUT2D eigenvalue weighted by atomic mass is 10.3. The smallest absolute Gasteiger partial charge is 0.167 e. The van der Waals surface area contributed by atoms with Crippen LogP contribution in [0.2, 0.25) is 0 Å². The van der Waals surface area contributed by atoms with Crippen LogP contribution >= 0.6 is 0 Å². The van der Waals surface area contributed by atoms with Gasteiger partial charge in [-0.25, -0.2) is 4.99 Å². The first-order chi connectivity index (χ1) is 7.22. The lowest BCUT2D eigenvalue weighted by Crippen LogP contribution is -2.30. The molecule has 15 heavy (non-hydrogen) atoms. The number of nitrogens with two attached hydrogens (primary N) is 1. The number of rotatable bonds is 5. The Bertz CT molecular complexity index is 334. The van der Waals surface area contributed by atoms with Crippen LogP contribution in [0.15, 0.2) is 29.3 Å². The molecule has 1 rings (SSSR count). The molecule has 0 aliphatic carbocycles. The van der Waals surface area contributed by atoms with Gasteiger partial charge >= 0.3 is 0 Å². The molecule has 1 aromatic carbocycles. The zero-order chi connectivity index (χ0) is 11.1. The first-order valence-corrected chi connectivity index (χ1v) is 4.51. The molecule has 0 amide bonds. The second-order valence-electron chi connectivity index (χ2n) is 2.90. The molecule has 0 saturated heterocycles. The zero-order valence-corrected chi connectivity index (χ0v) is 8.47. The fraction of sp³-hybridized carbons (Fsp3) is 0.200. The third-order valence-corrected chi connectivity index (χ3v) is 1.65. The Morgan fingerprint density at radius 3 is 2.73 bits per heavy atom. The highest BCUT2D eigenvalue weighted by Gasteiger charge is 1.99. The summed E-state index contributed by atoms with van der Waals surface area (Å²) in [7, 11) is 0. The molecule has 5 nitrogen and oxygen atoms in total. The van der Waals surface area contributed by atoms with E-state index in [2.05, 4.69) is 10.3 Å². The Labute approximate surface area is 88.5 Å². The van der Waals surface area contributed by atoms with Gasteiger partial charge in [0.25, 0.3) is 0 Å². The van der Waals surface area contributed by atoms with Crippen molar-refractivity contribution in [3.05, 3.63) is 24.3 Å². The number of hydrogen-bond acceptors (Lipinski definition) is 3. The second kappa shape index (κ2) is 5.64. The normalized spacial score (nSPS) is 12.3. The van der Waals surface area contributed by atoms with Crippen LogP contribution in [0.5, 0.6) is 5.75 Å². The highest BCUT2D eigenvalue weighted by Crippen LogP contribution is 2.13. The predicted octanol–water partition coefficient (Wildman–Crippen LogP) is 1.22. The number of benzene rings is 1. The predicted molar refractivity (Wildman–Crippen MR) is 61.4 cm³/mol. The van der Waals surface area contributed by atoms with Crippen molar-refractivity contribution in [2.75, 3.05) is 5.73 Å². The number of hydrogen-bond donors (Lipinski definition) is 3. The van der Waals surface area contributed by atoms with E-state index in [-0.39, 0.29) is 6.23 Å². The molecule has 4 N–H and O–H groups in total. The largest absolute Gasteiger partial charge is 0.471 e. The minimum absolute atomic E-state index is 0.211. The fourth-order valence-corrected chi connectivity index (χ4v) is 0.970. The van der Waals surface area contributed by atoms with Gasteiger partial charge in [-0.15, -0.1) is 0 Å². The number of ether oxygens (including phenoxy) is 1. The molecule has 5 heteroatoms. The molecule has 80 valence electrons. The molecule has 0 radical (unpaired) electrons. The maximum Gasteiger partial charge on any atom is 0.167 e. The molecule has 0 aliphatic heterocycles. The summed E-state index contributed by atoms with van der Waals surface area (Å²) in [6.07, 6.45) is 2.15. The van der Waals surface area contributed by atoms with Crippen molar-refractivity contribution in [2.45, 2.75) is 13.2 Å². The van der Waals surface area contributed by atoms with Crippen LogP contribution in [-0.2, 0) is 0 Å². The Hall–Kier alpha value is -2.04. The van der Waals surface area contributed by atoms with Gasteiger partial charge in [-0.2, -0.15) is 0 Å².